The third-order valence-electron chi connectivity index (χ3n) is 5.41. The van der Waals surface area contributed by atoms with E-state index in [0.29, 0.717) is 70.0 Å². The van der Waals surface area contributed by atoms with Crippen molar-refractivity contribution in [3.05, 3.63) is 39.7 Å². The molecule has 4 rings (SSSR count). The lowest BCUT2D eigenvalue weighted by Crippen LogP contribution is -2.20. The second-order valence-corrected chi connectivity index (χ2v) is 8.69. The normalized spacial score (nSPS) is 15.7. The molecule has 176 valence electrons. The molecule has 1 atom stereocenters. The molecule has 0 spiro atoms. The van der Waals surface area contributed by atoms with Gasteiger partial charge in [-0.25, -0.2) is 9.97 Å². The maximum atomic E-state index is 6.79. The summed E-state index contributed by atoms with van der Waals surface area (Å²) in [6.07, 6.45) is 1.76. The summed E-state index contributed by atoms with van der Waals surface area (Å²) in [4.78, 5) is 9.53. The smallest absolute Gasteiger partial charge is 0.163 e. The van der Waals surface area contributed by atoms with Crippen molar-refractivity contribution in [2.75, 3.05) is 38.7 Å². The van der Waals surface area contributed by atoms with Gasteiger partial charge in [-0.15, -0.1) is 0 Å². The number of rotatable bonds is 9. The van der Waals surface area contributed by atoms with Gasteiger partial charge < -0.3 is 24.6 Å². The Labute approximate surface area is 203 Å². The standard InChI is InChI=1S/C23H27Cl2N5O3/c1-13-19(14(2)33-30-13)21-20(25)23(27-15-7-10-31-12-15)29-22(28-21)17-11-16(5-6-18(17)24)32-9-4-8-26-3/h5-6,11,15,26H,4,7-10,12H2,1-3H3,(H,27,28,29). The highest BCUT2D eigenvalue weighted by Gasteiger charge is 2.24. The van der Waals surface area contributed by atoms with Crippen molar-refractivity contribution in [2.45, 2.75) is 32.7 Å². The number of hydrogen-bond donors (Lipinski definition) is 2. The van der Waals surface area contributed by atoms with Crippen molar-refractivity contribution in [3.63, 3.8) is 0 Å². The first-order chi connectivity index (χ1) is 16.0. The van der Waals surface area contributed by atoms with E-state index in [9.17, 15) is 0 Å². The molecule has 1 aliphatic heterocycles. The van der Waals surface area contributed by atoms with E-state index in [-0.39, 0.29) is 6.04 Å². The summed E-state index contributed by atoms with van der Waals surface area (Å²) in [5.74, 6) is 2.27. The highest BCUT2D eigenvalue weighted by molar-refractivity contribution is 6.35. The molecule has 10 heteroatoms. The molecule has 1 aliphatic rings. The van der Waals surface area contributed by atoms with Crippen LogP contribution < -0.4 is 15.4 Å². The predicted octanol–water partition coefficient (Wildman–Crippen LogP) is 4.91. The van der Waals surface area contributed by atoms with Crippen LogP contribution in [0, 0.1) is 13.8 Å². The van der Waals surface area contributed by atoms with Crippen LogP contribution in [0.2, 0.25) is 10.0 Å². The van der Waals surface area contributed by atoms with E-state index < -0.39 is 0 Å². The van der Waals surface area contributed by atoms with Crippen LogP contribution in [0.5, 0.6) is 5.75 Å². The summed E-state index contributed by atoms with van der Waals surface area (Å²) in [6, 6.07) is 5.59. The van der Waals surface area contributed by atoms with Crippen molar-refractivity contribution < 1.29 is 14.0 Å². The molecule has 1 aromatic carbocycles. The van der Waals surface area contributed by atoms with E-state index >= 15 is 0 Å². The number of halogens is 2. The summed E-state index contributed by atoms with van der Waals surface area (Å²) < 4.78 is 16.8. The van der Waals surface area contributed by atoms with Gasteiger partial charge in [-0.05, 0) is 58.5 Å². The van der Waals surface area contributed by atoms with E-state index in [4.69, 9.17) is 47.2 Å². The molecule has 0 saturated carbocycles. The number of benzene rings is 1. The van der Waals surface area contributed by atoms with E-state index in [1.807, 2.05) is 33.0 Å². The molecule has 0 bridgehead atoms. The zero-order valence-corrected chi connectivity index (χ0v) is 20.4. The second-order valence-electron chi connectivity index (χ2n) is 7.91. The van der Waals surface area contributed by atoms with Crippen LogP contribution >= 0.6 is 23.2 Å². The summed E-state index contributed by atoms with van der Waals surface area (Å²) in [5, 5.41) is 11.5. The molecular weight excluding hydrogens is 465 g/mol. The molecule has 3 heterocycles. The van der Waals surface area contributed by atoms with Crippen LogP contribution in [0.1, 0.15) is 24.3 Å². The Hall–Kier alpha value is -2.39. The predicted molar refractivity (Wildman–Crippen MR) is 129 cm³/mol. The van der Waals surface area contributed by atoms with E-state index in [1.165, 1.54) is 0 Å². The second kappa shape index (κ2) is 10.7. The third-order valence-corrected chi connectivity index (χ3v) is 6.10. The molecule has 0 aliphatic carbocycles. The van der Waals surface area contributed by atoms with Crippen LogP contribution in [0.15, 0.2) is 22.7 Å². The van der Waals surface area contributed by atoms with Crippen molar-refractivity contribution in [2.24, 2.45) is 0 Å². The van der Waals surface area contributed by atoms with Gasteiger partial charge in [0.05, 0.1) is 35.5 Å². The lowest BCUT2D eigenvalue weighted by molar-refractivity contribution is 0.195. The van der Waals surface area contributed by atoms with E-state index in [2.05, 4.69) is 15.8 Å². The van der Waals surface area contributed by atoms with Crippen molar-refractivity contribution >= 4 is 29.0 Å². The third kappa shape index (κ3) is 5.41. The Morgan fingerprint density at radius 2 is 2.06 bits per heavy atom. The van der Waals surface area contributed by atoms with Gasteiger partial charge >= 0.3 is 0 Å². The Morgan fingerprint density at radius 1 is 1.21 bits per heavy atom. The number of aryl methyl sites for hydroxylation is 2. The minimum Gasteiger partial charge on any atom is -0.494 e. The molecule has 0 radical (unpaired) electrons. The molecule has 8 nitrogen and oxygen atoms in total. The quantitative estimate of drug-likeness (QED) is 0.407. The number of nitrogens with zero attached hydrogens (tertiary/aromatic N) is 3. The van der Waals surface area contributed by atoms with Gasteiger partial charge in [-0.1, -0.05) is 28.4 Å². The van der Waals surface area contributed by atoms with Crippen LogP contribution in [0.3, 0.4) is 0 Å². The maximum Gasteiger partial charge on any atom is 0.163 e. The van der Waals surface area contributed by atoms with Gasteiger partial charge in [0.25, 0.3) is 0 Å². The number of hydrogen-bond acceptors (Lipinski definition) is 8. The molecule has 2 aromatic heterocycles. The Balaban J connectivity index is 1.77. The Morgan fingerprint density at radius 3 is 2.76 bits per heavy atom. The van der Waals surface area contributed by atoms with Crippen LogP contribution in [0.25, 0.3) is 22.6 Å². The highest BCUT2D eigenvalue weighted by atomic mass is 35.5. The summed E-state index contributed by atoms with van der Waals surface area (Å²) in [7, 11) is 1.91. The van der Waals surface area contributed by atoms with Crippen molar-refractivity contribution in [3.8, 4) is 28.4 Å². The molecule has 0 amide bonds. The van der Waals surface area contributed by atoms with Crippen molar-refractivity contribution in [1.29, 1.82) is 0 Å². The van der Waals surface area contributed by atoms with E-state index in [1.54, 1.807) is 6.07 Å². The monoisotopic (exact) mass is 491 g/mol. The fraction of sp³-hybridized carbons (Fsp3) is 0.435. The first kappa shape index (κ1) is 23.8. The van der Waals surface area contributed by atoms with Gasteiger partial charge in [0, 0.05) is 12.2 Å². The van der Waals surface area contributed by atoms with Crippen LogP contribution in [-0.2, 0) is 4.74 Å². The minimum absolute atomic E-state index is 0.111. The fourth-order valence-electron chi connectivity index (χ4n) is 3.70. The molecular formula is C23H27Cl2N5O3. The lowest BCUT2D eigenvalue weighted by Gasteiger charge is -2.17. The van der Waals surface area contributed by atoms with Gasteiger partial charge in [-0.3, -0.25) is 0 Å². The first-order valence-electron chi connectivity index (χ1n) is 10.9. The summed E-state index contributed by atoms with van der Waals surface area (Å²) in [5.41, 5.74) is 2.63. The summed E-state index contributed by atoms with van der Waals surface area (Å²) >= 11 is 13.4. The zero-order valence-electron chi connectivity index (χ0n) is 18.9. The highest BCUT2D eigenvalue weighted by Crippen LogP contribution is 2.39. The average molecular weight is 492 g/mol. The van der Waals surface area contributed by atoms with Crippen molar-refractivity contribution in [1.82, 2.24) is 20.4 Å². The Kier molecular flexibility index (Phi) is 7.70. The fourth-order valence-corrected chi connectivity index (χ4v) is 4.13. The molecule has 33 heavy (non-hydrogen) atoms. The molecule has 1 saturated heterocycles. The van der Waals surface area contributed by atoms with E-state index in [0.717, 1.165) is 24.9 Å². The average Bonchev–Trinajstić information content (AvgIpc) is 3.43. The minimum atomic E-state index is 0.111. The molecule has 1 fully saturated rings. The Bertz CT molecular complexity index is 1100. The topological polar surface area (TPSA) is 94.3 Å². The maximum absolute atomic E-state index is 6.79. The SMILES string of the molecule is CNCCCOc1ccc(Cl)c(-c2nc(NC3CCOC3)c(Cl)c(-c3c(C)noc3C)n2)c1. The molecule has 2 N–H and O–H groups in total. The molecule has 1 unspecified atom stereocenters. The van der Waals surface area contributed by atoms with Gasteiger partial charge in [0.2, 0.25) is 0 Å². The lowest BCUT2D eigenvalue weighted by atomic mass is 10.1. The summed E-state index contributed by atoms with van der Waals surface area (Å²) in [6.45, 7) is 6.44. The number of ether oxygens (including phenoxy) is 2. The molecule has 3 aromatic rings. The number of anilines is 1. The first-order valence-corrected chi connectivity index (χ1v) is 11.7. The van der Waals surface area contributed by atoms with Gasteiger partial charge in [0.15, 0.2) is 5.82 Å². The zero-order chi connectivity index (χ0) is 23.4. The van der Waals surface area contributed by atoms with Crippen LogP contribution in [0.4, 0.5) is 5.82 Å². The van der Waals surface area contributed by atoms with Gasteiger partial charge in [-0.2, -0.15) is 0 Å². The van der Waals surface area contributed by atoms with Gasteiger partial charge in [0.1, 0.15) is 28.0 Å². The number of aromatic nitrogens is 3. The largest absolute Gasteiger partial charge is 0.494 e. The number of nitrogens with one attached hydrogen (secondary N) is 2. The van der Waals surface area contributed by atoms with Crippen LogP contribution in [-0.4, -0.2) is 54.6 Å².